The molecule has 4 aliphatic heterocycles. The summed E-state index contributed by atoms with van der Waals surface area (Å²) in [5.41, 5.74) is 1.36. The number of carbonyl (C=O) groups excluding carboxylic acids is 8. The van der Waals surface area contributed by atoms with E-state index in [4.69, 9.17) is 0 Å². The van der Waals surface area contributed by atoms with Crippen molar-refractivity contribution >= 4 is 59.0 Å². The highest BCUT2D eigenvalue weighted by atomic mass is 32.2. The maximum absolute atomic E-state index is 12.6. The lowest BCUT2D eigenvalue weighted by Gasteiger charge is -2.27. The van der Waals surface area contributed by atoms with E-state index in [1.165, 1.54) is 36.1 Å². The van der Waals surface area contributed by atoms with E-state index >= 15 is 0 Å². The van der Waals surface area contributed by atoms with Gasteiger partial charge in [-0.1, -0.05) is 0 Å². The van der Waals surface area contributed by atoms with Crippen LogP contribution in [0.1, 0.15) is 40.5 Å². The van der Waals surface area contributed by atoms with Crippen molar-refractivity contribution in [1.29, 1.82) is 0 Å². The smallest absolute Gasteiger partial charge is 0.256 e. The van der Waals surface area contributed by atoms with E-state index in [1.807, 2.05) is 0 Å². The number of carbonyl (C=O) groups is 8. The number of thioether (sulfide) groups is 1. The van der Waals surface area contributed by atoms with Crippen molar-refractivity contribution in [2.24, 2.45) is 11.8 Å². The first-order valence-corrected chi connectivity index (χ1v) is 15.2. The second kappa shape index (κ2) is 13.0. The Morgan fingerprint density at radius 1 is 0.488 bits per heavy atom. The van der Waals surface area contributed by atoms with E-state index < -0.39 is 23.6 Å². The monoisotopic (exact) mass is 610 g/mol. The second-order valence-electron chi connectivity index (χ2n) is 11.3. The molecule has 2 unspecified atom stereocenters. The SMILES string of the molecule is CC1=CC(=O)N(CCC(CSCC(CCN2C(=O)C=C(C)C2=O)CN2C(=O)C=C(C)C2=O)CN2C(=O)C=C(C)C2=O)C1=O. The summed E-state index contributed by atoms with van der Waals surface area (Å²) < 4.78 is 0. The maximum atomic E-state index is 12.6. The number of rotatable bonds is 14. The molecule has 0 spiro atoms. The van der Waals surface area contributed by atoms with Crippen LogP contribution in [0.2, 0.25) is 0 Å². The summed E-state index contributed by atoms with van der Waals surface area (Å²) in [6.07, 6.45) is 5.81. The summed E-state index contributed by atoms with van der Waals surface area (Å²) in [5, 5.41) is 0. The highest BCUT2D eigenvalue weighted by molar-refractivity contribution is 7.99. The first-order valence-electron chi connectivity index (χ1n) is 14.0. The summed E-state index contributed by atoms with van der Waals surface area (Å²) in [5.74, 6) is -2.82. The van der Waals surface area contributed by atoms with Gasteiger partial charge in [-0.25, -0.2) is 0 Å². The number of imide groups is 4. The van der Waals surface area contributed by atoms with Crippen molar-refractivity contribution in [3.05, 3.63) is 46.6 Å². The van der Waals surface area contributed by atoms with E-state index in [2.05, 4.69) is 0 Å². The third-order valence-corrected chi connectivity index (χ3v) is 9.28. The fraction of sp³-hybridized carbons (Fsp3) is 0.467. The molecular formula is C30H34N4O8S. The lowest BCUT2D eigenvalue weighted by molar-refractivity contribution is -0.140. The van der Waals surface area contributed by atoms with Crippen molar-refractivity contribution < 1.29 is 38.4 Å². The van der Waals surface area contributed by atoms with E-state index in [-0.39, 0.29) is 61.6 Å². The second-order valence-corrected chi connectivity index (χ2v) is 12.3. The minimum absolute atomic E-state index is 0.0970. The molecule has 8 amide bonds. The Hall–Kier alpha value is -4.13. The molecule has 0 aliphatic carbocycles. The third kappa shape index (κ3) is 6.93. The minimum Gasteiger partial charge on any atom is -0.275 e. The van der Waals surface area contributed by atoms with Gasteiger partial charge in [0.1, 0.15) is 0 Å². The molecule has 228 valence electrons. The molecule has 0 aromatic heterocycles. The lowest BCUT2D eigenvalue weighted by atomic mass is 10.1. The quantitative estimate of drug-likeness (QED) is 0.263. The molecule has 0 saturated heterocycles. The number of hydrogen-bond donors (Lipinski definition) is 0. The van der Waals surface area contributed by atoms with Gasteiger partial charge in [0.25, 0.3) is 47.3 Å². The molecule has 0 N–H and O–H groups in total. The first-order chi connectivity index (χ1) is 20.3. The average molecular weight is 611 g/mol. The maximum Gasteiger partial charge on any atom is 0.256 e. The van der Waals surface area contributed by atoms with Gasteiger partial charge in [-0.2, -0.15) is 11.8 Å². The van der Waals surface area contributed by atoms with E-state index in [1.54, 1.807) is 27.7 Å². The van der Waals surface area contributed by atoms with Crippen LogP contribution in [0.25, 0.3) is 0 Å². The van der Waals surface area contributed by atoms with Gasteiger partial charge in [-0.05, 0) is 63.9 Å². The average Bonchev–Trinajstić information content (AvgIpc) is 3.53. The topological polar surface area (TPSA) is 150 Å². The van der Waals surface area contributed by atoms with Crippen molar-refractivity contribution in [3.63, 3.8) is 0 Å². The van der Waals surface area contributed by atoms with Crippen LogP contribution >= 0.6 is 11.8 Å². The van der Waals surface area contributed by atoms with Crippen LogP contribution < -0.4 is 0 Å². The van der Waals surface area contributed by atoms with Crippen LogP contribution in [-0.2, 0) is 38.4 Å². The molecule has 0 saturated carbocycles. The minimum atomic E-state index is -0.418. The van der Waals surface area contributed by atoms with Crippen molar-refractivity contribution in [3.8, 4) is 0 Å². The van der Waals surface area contributed by atoms with Gasteiger partial charge in [0.05, 0.1) is 0 Å². The Morgan fingerprint density at radius 3 is 1.02 bits per heavy atom. The van der Waals surface area contributed by atoms with Gasteiger partial charge >= 0.3 is 0 Å². The Labute approximate surface area is 253 Å². The van der Waals surface area contributed by atoms with Crippen molar-refractivity contribution in [2.45, 2.75) is 40.5 Å². The predicted octanol–water partition coefficient (Wildman–Crippen LogP) is 0.993. The molecule has 0 aromatic rings. The molecule has 4 heterocycles. The Kier molecular flexibility index (Phi) is 9.63. The molecule has 0 bridgehead atoms. The van der Waals surface area contributed by atoms with Gasteiger partial charge in [0, 0.05) is 72.8 Å². The zero-order valence-electron chi connectivity index (χ0n) is 24.6. The number of amides is 8. The fourth-order valence-corrected chi connectivity index (χ4v) is 6.66. The molecule has 0 radical (unpaired) electrons. The van der Waals surface area contributed by atoms with Crippen molar-refractivity contribution in [1.82, 2.24) is 19.6 Å². The zero-order valence-corrected chi connectivity index (χ0v) is 25.4. The van der Waals surface area contributed by atoms with E-state index in [9.17, 15) is 38.4 Å². The van der Waals surface area contributed by atoms with Gasteiger partial charge in [-0.15, -0.1) is 0 Å². The lowest BCUT2D eigenvalue weighted by Crippen LogP contribution is -2.39. The summed E-state index contributed by atoms with van der Waals surface area (Å²) in [7, 11) is 0. The molecule has 0 fully saturated rings. The van der Waals surface area contributed by atoms with E-state index in [0.717, 1.165) is 19.6 Å². The zero-order chi connectivity index (χ0) is 31.6. The fourth-order valence-electron chi connectivity index (χ4n) is 5.32. The number of nitrogens with zero attached hydrogens (tertiary/aromatic N) is 4. The van der Waals surface area contributed by atoms with E-state index in [0.29, 0.717) is 46.6 Å². The highest BCUT2D eigenvalue weighted by Crippen LogP contribution is 2.25. The Balaban J connectivity index is 1.42. The first kappa shape index (κ1) is 31.8. The van der Waals surface area contributed by atoms with Crippen LogP contribution in [0.4, 0.5) is 0 Å². The molecule has 4 aliphatic rings. The summed E-state index contributed by atoms with van der Waals surface area (Å²) in [6, 6.07) is 0. The predicted molar refractivity (Wildman–Crippen MR) is 155 cm³/mol. The molecule has 2 atom stereocenters. The Bertz CT molecular complexity index is 1330. The van der Waals surface area contributed by atoms with Gasteiger partial charge in [-0.3, -0.25) is 58.0 Å². The van der Waals surface area contributed by atoms with Crippen molar-refractivity contribution in [2.75, 3.05) is 37.7 Å². The molecule has 0 aromatic carbocycles. The van der Waals surface area contributed by atoms with Crippen LogP contribution in [0.3, 0.4) is 0 Å². The van der Waals surface area contributed by atoms with Crippen LogP contribution in [0.5, 0.6) is 0 Å². The van der Waals surface area contributed by atoms with Crippen LogP contribution in [-0.4, -0.2) is 105 Å². The van der Waals surface area contributed by atoms with Crippen LogP contribution in [0, 0.1) is 11.8 Å². The molecule has 13 heteroatoms. The third-order valence-electron chi connectivity index (χ3n) is 7.86. The normalized spacial score (nSPS) is 20.6. The highest BCUT2D eigenvalue weighted by Gasteiger charge is 2.35. The van der Waals surface area contributed by atoms with Crippen LogP contribution in [0.15, 0.2) is 46.6 Å². The molecular weight excluding hydrogens is 576 g/mol. The summed E-state index contributed by atoms with van der Waals surface area (Å²) >= 11 is 1.48. The van der Waals surface area contributed by atoms with Gasteiger partial charge in [0.15, 0.2) is 0 Å². The summed E-state index contributed by atoms with van der Waals surface area (Å²) in [4.78, 5) is 104. The molecule has 12 nitrogen and oxygen atoms in total. The standard InChI is InChI=1S/C30H34N4O8S/c1-17-9-23(35)31(27(17)39)7-5-21(13-33-25(37)11-19(3)29(33)41)15-43-16-22(14-34-26(38)12-20(4)30(34)42)6-8-32-24(36)10-18(2)28(32)40/h9-12,21-22H,5-8,13-16H2,1-4H3. The Morgan fingerprint density at radius 2 is 0.767 bits per heavy atom. The van der Waals surface area contributed by atoms with Gasteiger partial charge in [0.2, 0.25) is 0 Å². The molecule has 43 heavy (non-hydrogen) atoms. The largest absolute Gasteiger partial charge is 0.275 e. The summed E-state index contributed by atoms with van der Waals surface area (Å²) in [6.45, 7) is 6.70. The van der Waals surface area contributed by atoms with Gasteiger partial charge < -0.3 is 0 Å². The number of hydrogen-bond acceptors (Lipinski definition) is 9. The molecule has 4 rings (SSSR count).